The molecule has 8 heteroatoms. The van der Waals surface area contributed by atoms with Crippen LogP contribution in [0.5, 0.6) is 0 Å². The minimum atomic E-state index is -0.288. The normalized spacial score (nSPS) is 19.2. The fourth-order valence-corrected chi connectivity index (χ4v) is 0.694. The van der Waals surface area contributed by atoms with Gasteiger partial charge in [-0.3, -0.25) is 10.4 Å². The van der Waals surface area contributed by atoms with Crippen LogP contribution in [-0.4, -0.2) is 20.5 Å². The molecule has 1 aliphatic heterocycles. The maximum absolute atomic E-state index is 9.07. The van der Waals surface area contributed by atoms with Crippen LogP contribution < -0.4 is 22.9 Å². The molecule has 8 nitrogen and oxygen atoms in total. The van der Waals surface area contributed by atoms with E-state index < -0.39 is 0 Å². The molecule has 0 radical (unpaired) electrons. The summed E-state index contributed by atoms with van der Waals surface area (Å²) in [5.41, 5.74) is 20.9. The molecule has 0 bridgehead atoms. The Kier molecular flexibility index (Phi) is 1.63. The second-order valence-corrected chi connectivity index (χ2v) is 2.16. The summed E-state index contributed by atoms with van der Waals surface area (Å²) in [7, 11) is 0. The number of hydroxylamine groups is 4. The smallest absolute Gasteiger partial charge is 0.174 e. The number of nitrogens with two attached hydrogens (primary N) is 4. The first-order valence-electron chi connectivity index (χ1n) is 2.95. The number of rotatable bonds is 0. The SMILES string of the molecule is NC1=C(N)N(O)C(N)=C(N)N1O. The summed E-state index contributed by atoms with van der Waals surface area (Å²) < 4.78 is 0. The van der Waals surface area contributed by atoms with Crippen molar-refractivity contribution in [2.24, 2.45) is 22.9 Å². The van der Waals surface area contributed by atoms with E-state index in [9.17, 15) is 0 Å². The van der Waals surface area contributed by atoms with E-state index in [1.54, 1.807) is 0 Å². The van der Waals surface area contributed by atoms with Crippen molar-refractivity contribution in [2.45, 2.75) is 0 Å². The zero-order valence-electron chi connectivity index (χ0n) is 6.10. The van der Waals surface area contributed by atoms with E-state index in [2.05, 4.69) is 0 Å². The van der Waals surface area contributed by atoms with Crippen molar-refractivity contribution in [3.8, 4) is 0 Å². The first-order chi connectivity index (χ1) is 5.46. The average molecular weight is 174 g/mol. The van der Waals surface area contributed by atoms with Crippen LogP contribution in [0.4, 0.5) is 0 Å². The van der Waals surface area contributed by atoms with E-state index >= 15 is 0 Å². The van der Waals surface area contributed by atoms with Gasteiger partial charge in [0.15, 0.2) is 23.3 Å². The molecule has 0 spiro atoms. The Balaban J connectivity index is 3.13. The molecule has 0 aliphatic carbocycles. The van der Waals surface area contributed by atoms with Gasteiger partial charge in [0.1, 0.15) is 0 Å². The first kappa shape index (κ1) is 8.30. The molecule has 0 aromatic rings. The highest BCUT2D eigenvalue weighted by molar-refractivity contribution is 5.20. The zero-order chi connectivity index (χ0) is 9.46. The van der Waals surface area contributed by atoms with Gasteiger partial charge in [0.2, 0.25) is 0 Å². The maximum atomic E-state index is 9.07. The second kappa shape index (κ2) is 2.36. The van der Waals surface area contributed by atoms with Crippen LogP contribution in [0.1, 0.15) is 0 Å². The highest BCUT2D eigenvalue weighted by atomic mass is 16.5. The monoisotopic (exact) mass is 174 g/mol. The molecular formula is C4H10N6O2. The van der Waals surface area contributed by atoms with Gasteiger partial charge in [-0.05, 0) is 0 Å². The van der Waals surface area contributed by atoms with Crippen LogP contribution in [0.3, 0.4) is 0 Å². The third-order valence-electron chi connectivity index (χ3n) is 1.44. The Morgan fingerprint density at radius 3 is 1.00 bits per heavy atom. The Hall–Kier alpha value is -1.80. The molecule has 0 aromatic carbocycles. The van der Waals surface area contributed by atoms with Gasteiger partial charge in [-0.1, -0.05) is 0 Å². The van der Waals surface area contributed by atoms with Gasteiger partial charge in [0.05, 0.1) is 0 Å². The van der Waals surface area contributed by atoms with Gasteiger partial charge >= 0.3 is 0 Å². The van der Waals surface area contributed by atoms with Crippen molar-refractivity contribution in [1.29, 1.82) is 0 Å². The van der Waals surface area contributed by atoms with Crippen molar-refractivity contribution in [3.63, 3.8) is 0 Å². The zero-order valence-corrected chi connectivity index (χ0v) is 6.10. The molecule has 1 rings (SSSR count). The lowest BCUT2D eigenvalue weighted by atomic mass is 10.4. The minimum Gasteiger partial charge on any atom is -0.380 e. The molecule has 1 heterocycles. The van der Waals surface area contributed by atoms with Gasteiger partial charge in [0.25, 0.3) is 0 Å². The number of hydrogen-bond acceptors (Lipinski definition) is 8. The van der Waals surface area contributed by atoms with Crippen molar-refractivity contribution < 1.29 is 10.4 Å². The Bertz CT molecular complexity index is 219. The molecular weight excluding hydrogens is 164 g/mol. The van der Waals surface area contributed by atoms with Gasteiger partial charge in [-0.25, -0.2) is 0 Å². The number of hydrogen-bond donors (Lipinski definition) is 6. The largest absolute Gasteiger partial charge is 0.380 e. The van der Waals surface area contributed by atoms with Crippen molar-refractivity contribution >= 4 is 0 Å². The highest BCUT2D eigenvalue weighted by Crippen LogP contribution is 2.16. The van der Waals surface area contributed by atoms with Crippen LogP contribution in [0.2, 0.25) is 0 Å². The molecule has 0 saturated carbocycles. The van der Waals surface area contributed by atoms with Crippen molar-refractivity contribution in [1.82, 2.24) is 10.1 Å². The highest BCUT2D eigenvalue weighted by Gasteiger charge is 2.25. The Morgan fingerprint density at radius 1 is 0.667 bits per heavy atom. The van der Waals surface area contributed by atoms with Crippen molar-refractivity contribution in [3.05, 3.63) is 23.3 Å². The van der Waals surface area contributed by atoms with Crippen LogP contribution in [0.25, 0.3) is 0 Å². The molecule has 0 unspecified atom stereocenters. The third kappa shape index (κ3) is 0.863. The summed E-state index contributed by atoms with van der Waals surface area (Å²) >= 11 is 0. The summed E-state index contributed by atoms with van der Waals surface area (Å²) in [5, 5.41) is 18.9. The lowest BCUT2D eigenvalue weighted by Crippen LogP contribution is -2.45. The Labute approximate surface area is 67.8 Å². The summed E-state index contributed by atoms with van der Waals surface area (Å²) in [6.45, 7) is 0. The van der Waals surface area contributed by atoms with E-state index in [-0.39, 0.29) is 23.3 Å². The summed E-state index contributed by atoms with van der Waals surface area (Å²) in [6.07, 6.45) is 0. The topological polar surface area (TPSA) is 151 Å². The van der Waals surface area contributed by atoms with Crippen LogP contribution in [0, 0.1) is 0 Å². The molecule has 68 valence electrons. The average Bonchev–Trinajstić information content (AvgIpc) is 2.08. The molecule has 10 N–H and O–H groups in total. The molecule has 1 aliphatic rings. The molecule has 0 amide bonds. The van der Waals surface area contributed by atoms with Gasteiger partial charge in [-0.2, -0.15) is 10.1 Å². The first-order valence-corrected chi connectivity index (χ1v) is 2.95. The van der Waals surface area contributed by atoms with E-state index in [1.165, 1.54) is 0 Å². The fraction of sp³-hybridized carbons (Fsp3) is 0. The Morgan fingerprint density at radius 2 is 0.833 bits per heavy atom. The van der Waals surface area contributed by atoms with Crippen molar-refractivity contribution in [2.75, 3.05) is 0 Å². The van der Waals surface area contributed by atoms with E-state index in [0.717, 1.165) is 0 Å². The quantitative estimate of drug-likeness (QED) is 0.235. The molecule has 0 aromatic heterocycles. The maximum Gasteiger partial charge on any atom is 0.174 e. The van der Waals surface area contributed by atoms with Crippen LogP contribution in [0.15, 0.2) is 23.3 Å². The minimum absolute atomic E-state index is 0.288. The van der Waals surface area contributed by atoms with Crippen LogP contribution >= 0.6 is 0 Å². The van der Waals surface area contributed by atoms with Crippen LogP contribution in [-0.2, 0) is 0 Å². The van der Waals surface area contributed by atoms with E-state index in [0.29, 0.717) is 10.1 Å². The van der Waals surface area contributed by atoms with Gasteiger partial charge in [-0.15, -0.1) is 0 Å². The predicted octanol–water partition coefficient (Wildman–Crippen LogP) is -2.53. The summed E-state index contributed by atoms with van der Waals surface area (Å²) in [5.74, 6) is -1.15. The fourth-order valence-electron chi connectivity index (χ4n) is 0.694. The third-order valence-corrected chi connectivity index (χ3v) is 1.44. The van der Waals surface area contributed by atoms with E-state index in [4.69, 9.17) is 33.3 Å². The second-order valence-electron chi connectivity index (χ2n) is 2.16. The molecule has 12 heavy (non-hydrogen) atoms. The summed E-state index contributed by atoms with van der Waals surface area (Å²) in [6, 6.07) is 0. The lowest BCUT2D eigenvalue weighted by molar-refractivity contribution is -0.0796. The molecule has 0 fully saturated rings. The number of nitrogens with zero attached hydrogens (tertiary/aromatic N) is 2. The molecule has 0 saturated heterocycles. The summed E-state index contributed by atoms with van der Waals surface area (Å²) in [4.78, 5) is 0. The standard InChI is InChI=1S/C4H10N6O2/c5-1-2(6)10(12)4(8)3(7)9(1)11/h11-12H,5-8H2. The molecule has 0 atom stereocenters. The van der Waals surface area contributed by atoms with E-state index in [1.807, 2.05) is 0 Å². The predicted molar refractivity (Wildman–Crippen MR) is 38.1 cm³/mol. The van der Waals surface area contributed by atoms with Gasteiger partial charge in [0, 0.05) is 0 Å². The lowest BCUT2D eigenvalue weighted by Gasteiger charge is -2.29. The van der Waals surface area contributed by atoms with Gasteiger partial charge < -0.3 is 22.9 Å².